The fourth-order valence-corrected chi connectivity index (χ4v) is 1.01. The first kappa shape index (κ1) is 11.8. The summed E-state index contributed by atoms with van der Waals surface area (Å²) in [5.74, 6) is -2.23. The third-order valence-electron chi connectivity index (χ3n) is 1.79. The van der Waals surface area contributed by atoms with Crippen molar-refractivity contribution in [2.45, 2.75) is 0 Å². The van der Waals surface area contributed by atoms with Gasteiger partial charge in [0.25, 0.3) is 0 Å². The highest BCUT2D eigenvalue weighted by Gasteiger charge is 2.17. The molecule has 0 saturated heterocycles. The third kappa shape index (κ3) is 3.13. The van der Waals surface area contributed by atoms with Crippen molar-refractivity contribution in [2.24, 2.45) is 0 Å². The zero-order valence-electron chi connectivity index (χ0n) is 8.64. The van der Waals surface area contributed by atoms with Gasteiger partial charge in [0, 0.05) is 11.9 Å². The molecule has 5 nitrogen and oxygen atoms in total. The number of methoxy groups -OCH3 is 1. The molecule has 0 saturated carbocycles. The number of benzene rings is 1. The van der Waals surface area contributed by atoms with Crippen LogP contribution in [0.4, 0.5) is 5.69 Å². The van der Waals surface area contributed by atoms with Crippen LogP contribution in [0.25, 0.3) is 0 Å². The van der Waals surface area contributed by atoms with Gasteiger partial charge in [0.1, 0.15) is 0 Å². The maximum absolute atomic E-state index is 11.1. The molecular formula is C11H11NO4. The van der Waals surface area contributed by atoms with E-state index >= 15 is 0 Å². The van der Waals surface area contributed by atoms with E-state index in [0.717, 1.165) is 13.3 Å². The van der Waals surface area contributed by atoms with Gasteiger partial charge in [0.05, 0.1) is 7.11 Å². The minimum absolute atomic E-state index is 0.452. The summed E-state index contributed by atoms with van der Waals surface area (Å²) in [6, 6.07) is 8.89. The number of rotatable bonds is 4. The van der Waals surface area contributed by atoms with E-state index in [2.05, 4.69) is 10.1 Å². The summed E-state index contributed by atoms with van der Waals surface area (Å²) in [5, 5.41) is 11.4. The molecule has 1 rings (SSSR count). The number of nitrogens with one attached hydrogen (secondary N) is 1. The number of carboxylic acid groups (broad SMARTS) is 1. The van der Waals surface area contributed by atoms with Crippen LogP contribution in [0.1, 0.15) is 0 Å². The molecule has 0 fully saturated rings. The number of carbonyl (C=O) groups is 2. The van der Waals surface area contributed by atoms with Crippen molar-refractivity contribution in [3.8, 4) is 0 Å². The summed E-state index contributed by atoms with van der Waals surface area (Å²) in [4.78, 5) is 21.8. The molecule has 0 bridgehead atoms. The van der Waals surface area contributed by atoms with Gasteiger partial charge in [-0.05, 0) is 12.1 Å². The average molecular weight is 221 g/mol. The van der Waals surface area contributed by atoms with Crippen LogP contribution < -0.4 is 5.32 Å². The first-order valence-corrected chi connectivity index (χ1v) is 4.48. The first-order chi connectivity index (χ1) is 7.65. The molecule has 16 heavy (non-hydrogen) atoms. The molecule has 0 aliphatic rings. The van der Waals surface area contributed by atoms with E-state index in [1.165, 1.54) is 0 Å². The van der Waals surface area contributed by atoms with Crippen LogP contribution in [-0.4, -0.2) is 24.2 Å². The van der Waals surface area contributed by atoms with Gasteiger partial charge in [0.2, 0.25) is 0 Å². The molecule has 0 atom stereocenters. The maximum atomic E-state index is 11.1. The standard InChI is InChI=1S/C11H11NO4/c1-16-11(15)9(10(13)14)7-12-8-5-3-2-4-6-8/h2-7,12H,1H3,(H,13,14). The average Bonchev–Trinajstić information content (AvgIpc) is 2.30. The van der Waals surface area contributed by atoms with Crippen LogP contribution in [0.3, 0.4) is 0 Å². The Bertz CT molecular complexity index is 411. The molecule has 0 heterocycles. The Morgan fingerprint density at radius 3 is 2.44 bits per heavy atom. The number of esters is 1. The highest BCUT2D eigenvalue weighted by molar-refractivity contribution is 6.13. The van der Waals surface area contributed by atoms with Crippen LogP contribution in [-0.2, 0) is 14.3 Å². The number of ether oxygens (including phenoxy) is 1. The number of carbonyl (C=O) groups excluding carboxylic acids is 1. The van der Waals surface area contributed by atoms with Gasteiger partial charge in [-0.1, -0.05) is 18.2 Å². The van der Waals surface area contributed by atoms with Crippen molar-refractivity contribution in [1.29, 1.82) is 0 Å². The van der Waals surface area contributed by atoms with Crippen molar-refractivity contribution < 1.29 is 19.4 Å². The predicted molar refractivity (Wildman–Crippen MR) is 57.8 cm³/mol. The monoisotopic (exact) mass is 221 g/mol. The van der Waals surface area contributed by atoms with Gasteiger partial charge in [-0.15, -0.1) is 0 Å². The zero-order chi connectivity index (χ0) is 12.0. The number of carboxylic acids is 1. The van der Waals surface area contributed by atoms with Gasteiger partial charge in [-0.2, -0.15) is 0 Å². The SMILES string of the molecule is COC(=O)C(=CNc1ccccc1)C(=O)O. The predicted octanol–water partition coefficient (Wildman–Crippen LogP) is 1.24. The van der Waals surface area contributed by atoms with Gasteiger partial charge >= 0.3 is 11.9 Å². The lowest BCUT2D eigenvalue weighted by Gasteiger charge is -2.02. The molecule has 1 aromatic carbocycles. The summed E-state index contributed by atoms with van der Waals surface area (Å²) < 4.78 is 4.33. The van der Waals surface area contributed by atoms with Crippen LogP contribution in [0, 0.1) is 0 Å². The fourth-order valence-electron chi connectivity index (χ4n) is 1.01. The summed E-state index contributed by atoms with van der Waals surface area (Å²) in [6.45, 7) is 0. The summed E-state index contributed by atoms with van der Waals surface area (Å²) in [5.41, 5.74) is 0.233. The summed E-state index contributed by atoms with van der Waals surface area (Å²) >= 11 is 0. The summed E-state index contributed by atoms with van der Waals surface area (Å²) in [6.07, 6.45) is 1.10. The molecule has 84 valence electrons. The molecule has 0 amide bonds. The van der Waals surface area contributed by atoms with E-state index in [0.29, 0.717) is 5.69 Å². The molecule has 5 heteroatoms. The molecule has 0 unspecified atom stereocenters. The molecule has 0 aliphatic carbocycles. The van der Waals surface area contributed by atoms with Crippen molar-refractivity contribution in [2.75, 3.05) is 12.4 Å². The highest BCUT2D eigenvalue weighted by Crippen LogP contribution is 2.06. The summed E-state index contributed by atoms with van der Waals surface area (Å²) in [7, 11) is 1.13. The Morgan fingerprint density at radius 2 is 1.94 bits per heavy atom. The van der Waals surface area contributed by atoms with Gasteiger partial charge < -0.3 is 15.2 Å². The largest absolute Gasteiger partial charge is 0.477 e. The Balaban J connectivity index is 2.81. The van der Waals surface area contributed by atoms with Crippen LogP contribution in [0.2, 0.25) is 0 Å². The lowest BCUT2D eigenvalue weighted by atomic mass is 10.3. The number of hydrogen-bond donors (Lipinski definition) is 2. The molecule has 0 aliphatic heterocycles. The minimum Gasteiger partial charge on any atom is -0.477 e. The molecule has 2 N–H and O–H groups in total. The quantitative estimate of drug-likeness (QED) is 0.346. The van der Waals surface area contributed by atoms with E-state index in [1.54, 1.807) is 24.3 Å². The molecule has 0 aromatic heterocycles. The van der Waals surface area contributed by atoms with Gasteiger partial charge in [-0.3, -0.25) is 0 Å². The third-order valence-corrected chi connectivity index (χ3v) is 1.79. The Morgan fingerprint density at radius 1 is 1.31 bits per heavy atom. The van der Waals surface area contributed by atoms with E-state index in [-0.39, 0.29) is 0 Å². The fraction of sp³-hybridized carbons (Fsp3) is 0.0909. The lowest BCUT2D eigenvalue weighted by molar-refractivity contribution is -0.142. The Hall–Kier alpha value is -2.30. The maximum Gasteiger partial charge on any atom is 0.346 e. The van der Waals surface area contributed by atoms with E-state index in [1.807, 2.05) is 6.07 Å². The topological polar surface area (TPSA) is 75.6 Å². The first-order valence-electron chi connectivity index (χ1n) is 4.48. The van der Waals surface area contributed by atoms with E-state index in [4.69, 9.17) is 5.11 Å². The van der Waals surface area contributed by atoms with Crippen molar-refractivity contribution >= 4 is 17.6 Å². The number of anilines is 1. The van der Waals surface area contributed by atoms with Gasteiger partial charge in [0.15, 0.2) is 5.57 Å². The molecule has 1 aromatic rings. The Labute approximate surface area is 92.3 Å². The second-order valence-electron chi connectivity index (χ2n) is 2.87. The van der Waals surface area contributed by atoms with E-state index < -0.39 is 17.5 Å². The van der Waals surface area contributed by atoms with Crippen molar-refractivity contribution in [1.82, 2.24) is 0 Å². The normalized spacial score (nSPS) is 10.7. The van der Waals surface area contributed by atoms with Gasteiger partial charge in [-0.25, -0.2) is 9.59 Å². The molecule has 0 spiro atoms. The van der Waals surface area contributed by atoms with Crippen molar-refractivity contribution in [3.05, 3.63) is 42.1 Å². The van der Waals surface area contributed by atoms with Crippen LogP contribution in [0.15, 0.2) is 42.1 Å². The lowest BCUT2D eigenvalue weighted by Crippen LogP contribution is -2.15. The smallest absolute Gasteiger partial charge is 0.346 e. The highest BCUT2D eigenvalue weighted by atomic mass is 16.5. The van der Waals surface area contributed by atoms with Crippen LogP contribution >= 0.6 is 0 Å². The van der Waals surface area contributed by atoms with Crippen molar-refractivity contribution in [3.63, 3.8) is 0 Å². The molecule has 0 radical (unpaired) electrons. The Kier molecular flexibility index (Phi) is 4.08. The molecular weight excluding hydrogens is 210 g/mol. The minimum atomic E-state index is -1.34. The van der Waals surface area contributed by atoms with Crippen LogP contribution in [0.5, 0.6) is 0 Å². The zero-order valence-corrected chi connectivity index (χ0v) is 8.64. The number of para-hydroxylation sites is 1. The second-order valence-corrected chi connectivity index (χ2v) is 2.87. The second kappa shape index (κ2) is 5.55. The number of aliphatic carboxylic acids is 1. The van der Waals surface area contributed by atoms with E-state index in [9.17, 15) is 9.59 Å². The number of hydrogen-bond acceptors (Lipinski definition) is 4.